The number of amides is 1. The van der Waals surface area contributed by atoms with E-state index in [-0.39, 0.29) is 12.7 Å². The highest BCUT2D eigenvalue weighted by molar-refractivity contribution is 5.94. The van der Waals surface area contributed by atoms with Crippen LogP contribution < -0.4 is 20.1 Å². The van der Waals surface area contributed by atoms with Crippen LogP contribution in [0.4, 0.5) is 11.5 Å². The van der Waals surface area contributed by atoms with Crippen molar-refractivity contribution >= 4 is 17.4 Å². The molecule has 1 aliphatic heterocycles. The second kappa shape index (κ2) is 7.68. The molecule has 0 unspecified atom stereocenters. The number of nitriles is 1. The predicted octanol–water partition coefficient (Wildman–Crippen LogP) is 3.36. The summed E-state index contributed by atoms with van der Waals surface area (Å²) in [6, 6.07) is 18.0. The zero-order chi connectivity index (χ0) is 19.3. The molecule has 0 radical (unpaired) electrons. The molecule has 7 heteroatoms. The van der Waals surface area contributed by atoms with Crippen LogP contribution in [0.5, 0.6) is 11.5 Å². The van der Waals surface area contributed by atoms with E-state index in [0.717, 1.165) is 11.3 Å². The number of carbonyl (C=O) groups is 1. The minimum atomic E-state index is -0.214. The normalized spacial score (nSPS) is 11.5. The van der Waals surface area contributed by atoms with Crippen LogP contribution in [0.2, 0.25) is 0 Å². The molecule has 2 N–H and O–H groups in total. The Kier molecular flexibility index (Phi) is 4.76. The lowest BCUT2D eigenvalue weighted by Crippen LogP contribution is -2.22. The summed E-state index contributed by atoms with van der Waals surface area (Å²) in [6.07, 6.45) is 1.56. The lowest BCUT2D eigenvalue weighted by atomic mass is 10.2. The van der Waals surface area contributed by atoms with Gasteiger partial charge in [-0.1, -0.05) is 12.1 Å². The number of benzene rings is 2. The molecule has 0 bridgehead atoms. The van der Waals surface area contributed by atoms with Gasteiger partial charge in [0.15, 0.2) is 11.5 Å². The molecule has 2 aromatic carbocycles. The van der Waals surface area contributed by atoms with Crippen molar-refractivity contribution in [1.29, 1.82) is 5.26 Å². The van der Waals surface area contributed by atoms with E-state index in [1.54, 1.807) is 36.5 Å². The first kappa shape index (κ1) is 17.4. The Morgan fingerprint density at radius 3 is 2.89 bits per heavy atom. The number of hydrogen-bond acceptors (Lipinski definition) is 6. The summed E-state index contributed by atoms with van der Waals surface area (Å²) in [5.74, 6) is 1.70. The molecule has 0 saturated carbocycles. The van der Waals surface area contributed by atoms with E-state index < -0.39 is 0 Å². The first-order valence-corrected chi connectivity index (χ1v) is 8.61. The van der Waals surface area contributed by atoms with Crippen LogP contribution >= 0.6 is 0 Å². The van der Waals surface area contributed by atoms with Crippen molar-refractivity contribution in [1.82, 2.24) is 10.3 Å². The van der Waals surface area contributed by atoms with Crippen molar-refractivity contribution in [2.24, 2.45) is 0 Å². The van der Waals surface area contributed by atoms with Gasteiger partial charge >= 0.3 is 0 Å². The third kappa shape index (κ3) is 3.86. The second-order valence-electron chi connectivity index (χ2n) is 6.12. The van der Waals surface area contributed by atoms with E-state index in [9.17, 15) is 4.79 Å². The number of rotatable bonds is 5. The minimum absolute atomic E-state index is 0.214. The van der Waals surface area contributed by atoms with Crippen molar-refractivity contribution in [2.45, 2.75) is 6.54 Å². The lowest BCUT2D eigenvalue weighted by Gasteiger charge is -2.09. The SMILES string of the molecule is N#Cc1cccc(Nc2cc(C(=O)NCc3ccc4c(c3)OCO4)ccn2)c1. The highest BCUT2D eigenvalue weighted by atomic mass is 16.7. The highest BCUT2D eigenvalue weighted by Crippen LogP contribution is 2.32. The van der Waals surface area contributed by atoms with Gasteiger partial charge in [0.25, 0.3) is 5.91 Å². The number of anilines is 2. The number of pyridine rings is 1. The van der Waals surface area contributed by atoms with Crippen LogP contribution in [0.3, 0.4) is 0 Å². The molecule has 1 aliphatic rings. The van der Waals surface area contributed by atoms with E-state index in [2.05, 4.69) is 21.7 Å². The molecule has 1 aromatic heterocycles. The van der Waals surface area contributed by atoms with Crippen LogP contribution in [-0.2, 0) is 6.54 Å². The molecule has 1 amide bonds. The summed E-state index contributed by atoms with van der Waals surface area (Å²) in [4.78, 5) is 16.7. The largest absolute Gasteiger partial charge is 0.454 e. The van der Waals surface area contributed by atoms with Gasteiger partial charge in [-0.2, -0.15) is 5.26 Å². The monoisotopic (exact) mass is 372 g/mol. The Bertz CT molecular complexity index is 1080. The number of ether oxygens (including phenoxy) is 2. The van der Waals surface area contributed by atoms with Gasteiger partial charge in [0, 0.05) is 24.0 Å². The van der Waals surface area contributed by atoms with Crippen molar-refractivity contribution < 1.29 is 14.3 Å². The molecule has 4 rings (SSSR count). The van der Waals surface area contributed by atoms with Crippen LogP contribution in [0, 0.1) is 11.3 Å². The van der Waals surface area contributed by atoms with Crippen molar-refractivity contribution in [2.75, 3.05) is 12.1 Å². The maximum atomic E-state index is 12.5. The van der Waals surface area contributed by atoms with Gasteiger partial charge in [-0.05, 0) is 48.0 Å². The molecule has 3 aromatic rings. The molecule has 0 fully saturated rings. The second-order valence-corrected chi connectivity index (χ2v) is 6.12. The van der Waals surface area contributed by atoms with Crippen LogP contribution in [0.1, 0.15) is 21.5 Å². The smallest absolute Gasteiger partial charge is 0.251 e. The third-order valence-electron chi connectivity index (χ3n) is 4.18. The molecule has 7 nitrogen and oxygen atoms in total. The molecular weight excluding hydrogens is 356 g/mol. The maximum Gasteiger partial charge on any atom is 0.251 e. The van der Waals surface area contributed by atoms with Gasteiger partial charge < -0.3 is 20.1 Å². The Morgan fingerprint density at radius 2 is 2.00 bits per heavy atom. The van der Waals surface area contributed by atoms with Gasteiger partial charge in [-0.3, -0.25) is 4.79 Å². The Hall–Kier alpha value is -4.05. The molecular formula is C21H16N4O3. The minimum Gasteiger partial charge on any atom is -0.454 e. The van der Waals surface area contributed by atoms with Crippen LogP contribution in [-0.4, -0.2) is 17.7 Å². The van der Waals surface area contributed by atoms with Crippen molar-refractivity contribution in [3.05, 3.63) is 77.5 Å². The summed E-state index contributed by atoms with van der Waals surface area (Å²) in [5, 5.41) is 15.0. The lowest BCUT2D eigenvalue weighted by molar-refractivity contribution is 0.0950. The molecule has 0 atom stereocenters. The van der Waals surface area contributed by atoms with Crippen molar-refractivity contribution in [3.8, 4) is 17.6 Å². The summed E-state index contributed by atoms with van der Waals surface area (Å²) >= 11 is 0. The van der Waals surface area contributed by atoms with Crippen molar-refractivity contribution in [3.63, 3.8) is 0 Å². The standard InChI is InChI=1S/C21H16N4O3/c22-11-14-2-1-3-17(8-14)25-20-10-16(6-7-23-20)21(26)24-12-15-4-5-18-19(9-15)28-13-27-18/h1-10H,12-13H2,(H,23,25)(H,24,26). The van der Waals surface area contributed by atoms with Gasteiger partial charge in [-0.15, -0.1) is 0 Å². The number of nitrogens with one attached hydrogen (secondary N) is 2. The van der Waals surface area contributed by atoms with Gasteiger partial charge in [0.2, 0.25) is 6.79 Å². The quantitative estimate of drug-likeness (QED) is 0.713. The predicted molar refractivity (Wildman–Crippen MR) is 102 cm³/mol. The van der Waals surface area contributed by atoms with E-state index in [1.165, 1.54) is 0 Å². The molecule has 0 aliphatic carbocycles. The Balaban J connectivity index is 1.42. The van der Waals surface area contributed by atoms with E-state index in [4.69, 9.17) is 14.7 Å². The van der Waals surface area contributed by atoms with Crippen LogP contribution in [0.25, 0.3) is 0 Å². The summed E-state index contributed by atoms with van der Waals surface area (Å²) in [5.41, 5.74) is 2.67. The molecule has 0 spiro atoms. The zero-order valence-corrected chi connectivity index (χ0v) is 14.8. The fourth-order valence-corrected chi connectivity index (χ4v) is 2.79. The molecule has 0 saturated heterocycles. The fourth-order valence-electron chi connectivity index (χ4n) is 2.79. The van der Waals surface area contributed by atoms with E-state index >= 15 is 0 Å². The number of carbonyl (C=O) groups excluding carboxylic acids is 1. The van der Waals surface area contributed by atoms with Gasteiger partial charge in [0.05, 0.1) is 11.6 Å². The van der Waals surface area contributed by atoms with Crippen LogP contribution in [0.15, 0.2) is 60.8 Å². The number of hydrogen-bond donors (Lipinski definition) is 2. The maximum absolute atomic E-state index is 12.5. The fraction of sp³-hybridized carbons (Fsp3) is 0.0952. The van der Waals surface area contributed by atoms with E-state index in [1.807, 2.05) is 24.3 Å². The summed E-state index contributed by atoms with van der Waals surface area (Å²) in [6.45, 7) is 0.583. The molecule has 138 valence electrons. The summed E-state index contributed by atoms with van der Waals surface area (Å²) < 4.78 is 10.6. The topological polar surface area (TPSA) is 96.3 Å². The average Bonchev–Trinajstić information content (AvgIpc) is 3.20. The average molecular weight is 372 g/mol. The first-order chi connectivity index (χ1) is 13.7. The summed E-state index contributed by atoms with van der Waals surface area (Å²) in [7, 11) is 0. The zero-order valence-electron chi connectivity index (χ0n) is 14.8. The van der Waals surface area contributed by atoms with E-state index in [0.29, 0.717) is 35.0 Å². The number of fused-ring (bicyclic) bond motifs is 1. The Labute approximate surface area is 161 Å². The highest BCUT2D eigenvalue weighted by Gasteiger charge is 2.14. The molecule has 28 heavy (non-hydrogen) atoms. The van der Waals surface area contributed by atoms with Gasteiger partial charge in [-0.25, -0.2) is 4.98 Å². The molecule has 2 heterocycles. The number of aromatic nitrogens is 1. The number of nitrogens with zero attached hydrogens (tertiary/aromatic N) is 2. The third-order valence-corrected chi connectivity index (χ3v) is 4.18. The Morgan fingerprint density at radius 1 is 1.11 bits per heavy atom. The van der Waals surface area contributed by atoms with Gasteiger partial charge in [0.1, 0.15) is 5.82 Å². The first-order valence-electron chi connectivity index (χ1n) is 8.61.